The van der Waals surface area contributed by atoms with Gasteiger partial charge in [-0.1, -0.05) is 11.6 Å². The van der Waals surface area contributed by atoms with Crippen LogP contribution in [0.15, 0.2) is 35.5 Å². The van der Waals surface area contributed by atoms with Gasteiger partial charge < -0.3 is 0 Å². The van der Waals surface area contributed by atoms with Gasteiger partial charge in [0.05, 0.1) is 16.1 Å². The van der Waals surface area contributed by atoms with Gasteiger partial charge >= 0.3 is 0 Å². The number of rotatable bonds is 5. The van der Waals surface area contributed by atoms with E-state index >= 15 is 0 Å². The molecule has 2 rings (SSSR count). The second kappa shape index (κ2) is 5.80. The van der Waals surface area contributed by atoms with E-state index in [9.17, 15) is 18.5 Å². The molecular formula is C11H11ClN4O4S. The third-order valence-corrected chi connectivity index (χ3v) is 4.79. The predicted octanol–water partition coefficient (Wildman–Crippen LogP) is 2.01. The van der Waals surface area contributed by atoms with Crippen LogP contribution in [-0.2, 0) is 10.0 Å². The topological polar surface area (TPSA) is 118 Å². The van der Waals surface area contributed by atoms with E-state index in [-0.39, 0.29) is 15.6 Å². The summed E-state index contributed by atoms with van der Waals surface area (Å²) in [7, 11) is -3.90. The third kappa shape index (κ3) is 3.38. The number of aromatic nitrogens is 2. The minimum Gasteiger partial charge on any atom is -0.285 e. The molecule has 0 aliphatic carbocycles. The number of nitrogens with zero attached hydrogens (tertiary/aromatic N) is 2. The van der Waals surface area contributed by atoms with Crippen molar-refractivity contribution in [3.05, 3.63) is 51.3 Å². The zero-order chi connectivity index (χ0) is 15.6. The zero-order valence-electron chi connectivity index (χ0n) is 10.8. The van der Waals surface area contributed by atoms with E-state index < -0.39 is 21.0 Å². The van der Waals surface area contributed by atoms with Crippen molar-refractivity contribution in [1.82, 2.24) is 14.9 Å². The van der Waals surface area contributed by atoms with Crippen LogP contribution in [0.5, 0.6) is 0 Å². The normalized spacial score (nSPS) is 13.0. The fourth-order valence-electron chi connectivity index (χ4n) is 1.68. The number of nitro groups is 1. The first-order chi connectivity index (χ1) is 9.81. The second-order valence-corrected chi connectivity index (χ2v) is 6.34. The summed E-state index contributed by atoms with van der Waals surface area (Å²) in [6.07, 6.45) is 3.05. The van der Waals surface area contributed by atoms with Crippen molar-refractivity contribution in [2.75, 3.05) is 0 Å². The SMILES string of the molecule is CC(NS(=O)(=O)c1ccc([N+](=O)[O-])cc1Cl)c1cn[nH]c1. The smallest absolute Gasteiger partial charge is 0.271 e. The molecule has 112 valence electrons. The highest BCUT2D eigenvalue weighted by Crippen LogP contribution is 2.27. The Hall–Kier alpha value is -1.97. The molecule has 0 aliphatic heterocycles. The summed E-state index contributed by atoms with van der Waals surface area (Å²) in [6, 6.07) is 2.66. The Bertz CT molecular complexity index is 761. The number of nitrogens with one attached hydrogen (secondary N) is 2. The van der Waals surface area contributed by atoms with E-state index in [0.29, 0.717) is 5.56 Å². The fraction of sp³-hybridized carbons (Fsp3) is 0.182. The fourth-order valence-corrected chi connectivity index (χ4v) is 3.45. The number of hydrogen-bond acceptors (Lipinski definition) is 5. The summed E-state index contributed by atoms with van der Waals surface area (Å²) in [4.78, 5) is 9.75. The van der Waals surface area contributed by atoms with Crippen molar-refractivity contribution < 1.29 is 13.3 Å². The molecule has 10 heteroatoms. The maximum absolute atomic E-state index is 12.2. The summed E-state index contributed by atoms with van der Waals surface area (Å²) in [5, 5.41) is 16.7. The standard InChI is InChI=1S/C11H11ClN4O4S/c1-7(8-5-13-14-6-8)15-21(19,20)11-3-2-9(16(17)18)4-10(11)12/h2-7,15H,1H3,(H,13,14). The summed E-state index contributed by atoms with van der Waals surface area (Å²) in [5.74, 6) is 0. The first kappa shape index (κ1) is 15.4. The van der Waals surface area contributed by atoms with Gasteiger partial charge in [-0.3, -0.25) is 15.2 Å². The van der Waals surface area contributed by atoms with E-state index in [1.807, 2.05) is 0 Å². The van der Waals surface area contributed by atoms with E-state index in [4.69, 9.17) is 11.6 Å². The van der Waals surface area contributed by atoms with Gasteiger partial charge in [0.2, 0.25) is 10.0 Å². The molecule has 0 aliphatic rings. The molecule has 0 bridgehead atoms. The first-order valence-corrected chi connectivity index (χ1v) is 7.62. The summed E-state index contributed by atoms with van der Waals surface area (Å²) in [6.45, 7) is 1.64. The number of hydrogen-bond donors (Lipinski definition) is 2. The van der Waals surface area contributed by atoms with Crippen LogP contribution in [-0.4, -0.2) is 23.5 Å². The number of sulfonamides is 1. The highest BCUT2D eigenvalue weighted by Gasteiger charge is 2.23. The molecule has 1 heterocycles. The van der Waals surface area contributed by atoms with Crippen molar-refractivity contribution >= 4 is 27.3 Å². The molecule has 21 heavy (non-hydrogen) atoms. The van der Waals surface area contributed by atoms with Crippen molar-refractivity contribution in [2.24, 2.45) is 0 Å². The Kier molecular flexibility index (Phi) is 4.26. The van der Waals surface area contributed by atoms with Gasteiger partial charge in [-0.25, -0.2) is 13.1 Å². The van der Waals surface area contributed by atoms with Crippen molar-refractivity contribution in [3.63, 3.8) is 0 Å². The van der Waals surface area contributed by atoms with E-state index in [1.165, 1.54) is 6.20 Å². The van der Waals surface area contributed by atoms with Crippen LogP contribution in [0.2, 0.25) is 5.02 Å². The van der Waals surface area contributed by atoms with Crippen LogP contribution in [0.3, 0.4) is 0 Å². The summed E-state index contributed by atoms with van der Waals surface area (Å²) >= 11 is 5.82. The van der Waals surface area contributed by atoms with Gasteiger partial charge in [0.25, 0.3) is 5.69 Å². The number of halogens is 1. The number of benzene rings is 1. The van der Waals surface area contributed by atoms with Gasteiger partial charge in [0, 0.05) is 29.9 Å². The Morgan fingerprint density at radius 1 is 1.48 bits per heavy atom. The average molecular weight is 331 g/mol. The molecular weight excluding hydrogens is 320 g/mol. The Morgan fingerprint density at radius 3 is 2.71 bits per heavy atom. The van der Waals surface area contributed by atoms with Gasteiger partial charge in [-0.15, -0.1) is 0 Å². The Morgan fingerprint density at radius 2 is 2.19 bits per heavy atom. The Balaban J connectivity index is 2.29. The van der Waals surface area contributed by atoms with Crippen LogP contribution < -0.4 is 4.72 Å². The van der Waals surface area contributed by atoms with Crippen LogP contribution in [0.4, 0.5) is 5.69 Å². The lowest BCUT2D eigenvalue weighted by atomic mass is 10.2. The summed E-state index contributed by atoms with van der Waals surface area (Å²) in [5.41, 5.74) is 0.374. The highest BCUT2D eigenvalue weighted by molar-refractivity contribution is 7.89. The van der Waals surface area contributed by atoms with E-state index in [2.05, 4.69) is 14.9 Å². The lowest BCUT2D eigenvalue weighted by Gasteiger charge is -2.13. The molecule has 0 amide bonds. The molecule has 1 aromatic heterocycles. The molecule has 0 saturated carbocycles. The molecule has 2 aromatic rings. The monoisotopic (exact) mass is 330 g/mol. The molecule has 1 aromatic carbocycles. The lowest BCUT2D eigenvalue weighted by molar-refractivity contribution is -0.384. The van der Waals surface area contributed by atoms with Crippen molar-refractivity contribution in [2.45, 2.75) is 17.9 Å². The quantitative estimate of drug-likeness (QED) is 0.642. The molecule has 8 nitrogen and oxygen atoms in total. The van der Waals surface area contributed by atoms with Crippen LogP contribution in [0, 0.1) is 10.1 Å². The number of nitro benzene ring substituents is 1. The zero-order valence-corrected chi connectivity index (χ0v) is 12.4. The first-order valence-electron chi connectivity index (χ1n) is 5.76. The van der Waals surface area contributed by atoms with Crippen LogP contribution >= 0.6 is 11.6 Å². The molecule has 0 radical (unpaired) electrons. The maximum atomic E-state index is 12.2. The largest absolute Gasteiger partial charge is 0.285 e. The number of non-ortho nitro benzene ring substituents is 1. The number of aromatic amines is 1. The predicted molar refractivity (Wildman–Crippen MR) is 75.4 cm³/mol. The van der Waals surface area contributed by atoms with E-state index in [1.54, 1.807) is 13.1 Å². The van der Waals surface area contributed by atoms with Gasteiger partial charge in [0.1, 0.15) is 4.90 Å². The van der Waals surface area contributed by atoms with Crippen LogP contribution in [0.25, 0.3) is 0 Å². The maximum Gasteiger partial charge on any atom is 0.271 e. The number of H-pyrrole nitrogens is 1. The van der Waals surface area contributed by atoms with E-state index in [0.717, 1.165) is 18.2 Å². The van der Waals surface area contributed by atoms with Gasteiger partial charge in [-0.2, -0.15) is 5.10 Å². The molecule has 1 unspecified atom stereocenters. The molecule has 0 fully saturated rings. The minimum atomic E-state index is -3.90. The van der Waals surface area contributed by atoms with Crippen molar-refractivity contribution in [3.8, 4) is 0 Å². The lowest BCUT2D eigenvalue weighted by Crippen LogP contribution is -2.27. The minimum absolute atomic E-state index is 0.212. The molecule has 2 N–H and O–H groups in total. The van der Waals surface area contributed by atoms with Gasteiger partial charge in [-0.05, 0) is 13.0 Å². The summed E-state index contributed by atoms with van der Waals surface area (Å²) < 4.78 is 26.9. The molecule has 0 spiro atoms. The average Bonchev–Trinajstić information content (AvgIpc) is 2.91. The second-order valence-electron chi connectivity index (χ2n) is 4.25. The van der Waals surface area contributed by atoms with Crippen LogP contribution in [0.1, 0.15) is 18.5 Å². The molecule has 0 saturated heterocycles. The highest BCUT2D eigenvalue weighted by atomic mass is 35.5. The molecule has 1 atom stereocenters. The third-order valence-electron chi connectivity index (χ3n) is 2.77. The Labute approximate surface area is 125 Å². The van der Waals surface area contributed by atoms with Gasteiger partial charge in [0.15, 0.2) is 0 Å². The van der Waals surface area contributed by atoms with Crippen molar-refractivity contribution in [1.29, 1.82) is 0 Å².